The van der Waals surface area contributed by atoms with E-state index in [1.807, 2.05) is 4.57 Å². The maximum absolute atomic E-state index is 13.4. The summed E-state index contributed by atoms with van der Waals surface area (Å²) in [6.07, 6.45) is 13.4. The molecule has 1 saturated heterocycles. The van der Waals surface area contributed by atoms with Gasteiger partial charge in [0.15, 0.2) is 0 Å². The second kappa shape index (κ2) is 10.8. The maximum atomic E-state index is 13.4. The fraction of sp³-hybridized carbons (Fsp3) is 0.720. The highest BCUT2D eigenvalue weighted by Crippen LogP contribution is 2.36. The van der Waals surface area contributed by atoms with Gasteiger partial charge in [-0.15, -0.1) is 0 Å². The summed E-state index contributed by atoms with van der Waals surface area (Å²) in [4.78, 5) is 22.8. The Hall–Kier alpha value is -1.99. The zero-order valence-corrected chi connectivity index (χ0v) is 19.6. The number of hydrogen-bond donors (Lipinski definition) is 2. The van der Waals surface area contributed by atoms with Crippen LogP contribution >= 0.6 is 0 Å². The summed E-state index contributed by atoms with van der Waals surface area (Å²) in [5.41, 5.74) is 1.90. The molecule has 2 aliphatic rings. The average Bonchev–Trinajstić information content (AvgIpc) is 2.81. The lowest BCUT2D eigenvalue weighted by molar-refractivity contribution is 0.0686. The van der Waals surface area contributed by atoms with Gasteiger partial charge in [0, 0.05) is 37.7 Å². The standard InChI is InChI=1S/C25H38N4O3/c1-3-4-5-6-17(2)27-25-26-15-21-23(28-25)22(18-7-9-20(30)10-8-18)16-29(24(21)31)19-11-13-32-14-12-19/h15-20,30H,3-14H2,1-2H3,(H,26,27,28)/t17-,18-,20-/m0/s1. The third-order valence-electron chi connectivity index (χ3n) is 7.14. The van der Waals surface area contributed by atoms with Gasteiger partial charge >= 0.3 is 0 Å². The summed E-state index contributed by atoms with van der Waals surface area (Å²) < 4.78 is 7.43. The normalized spacial score (nSPS) is 23.3. The van der Waals surface area contributed by atoms with Gasteiger partial charge in [-0.1, -0.05) is 26.2 Å². The molecule has 1 aliphatic carbocycles. The van der Waals surface area contributed by atoms with Gasteiger partial charge in [0.2, 0.25) is 5.95 Å². The first kappa shape index (κ1) is 23.2. The molecule has 0 bridgehead atoms. The Morgan fingerprint density at radius 2 is 1.94 bits per heavy atom. The van der Waals surface area contributed by atoms with Crippen LogP contribution in [0.1, 0.15) is 95.6 Å². The molecule has 7 heteroatoms. The van der Waals surface area contributed by atoms with E-state index >= 15 is 0 Å². The number of rotatable bonds is 8. The Morgan fingerprint density at radius 3 is 2.66 bits per heavy atom. The first-order chi connectivity index (χ1) is 15.6. The largest absolute Gasteiger partial charge is 0.393 e. The number of aromatic nitrogens is 3. The van der Waals surface area contributed by atoms with Crippen LogP contribution in [0.4, 0.5) is 5.95 Å². The molecule has 7 nitrogen and oxygen atoms in total. The summed E-state index contributed by atoms with van der Waals surface area (Å²) in [5.74, 6) is 0.902. The van der Waals surface area contributed by atoms with Crippen LogP contribution in [0.2, 0.25) is 0 Å². The van der Waals surface area contributed by atoms with Gasteiger partial charge in [0.25, 0.3) is 5.56 Å². The van der Waals surface area contributed by atoms with Crippen LogP contribution in [0.3, 0.4) is 0 Å². The topological polar surface area (TPSA) is 89.3 Å². The van der Waals surface area contributed by atoms with Crippen LogP contribution in [0.15, 0.2) is 17.2 Å². The number of anilines is 1. The first-order valence-electron chi connectivity index (χ1n) is 12.5. The number of nitrogens with zero attached hydrogens (tertiary/aromatic N) is 3. The van der Waals surface area contributed by atoms with Gasteiger partial charge < -0.3 is 19.7 Å². The Labute approximate surface area is 190 Å². The van der Waals surface area contributed by atoms with E-state index < -0.39 is 0 Å². The maximum Gasteiger partial charge on any atom is 0.261 e. The Bertz CT molecular complexity index is 946. The summed E-state index contributed by atoms with van der Waals surface area (Å²) >= 11 is 0. The number of hydrogen-bond acceptors (Lipinski definition) is 6. The molecule has 0 radical (unpaired) electrons. The minimum atomic E-state index is -0.213. The number of fused-ring (bicyclic) bond motifs is 1. The molecule has 176 valence electrons. The molecule has 0 unspecified atom stereocenters. The van der Waals surface area contributed by atoms with Gasteiger partial charge in [-0.2, -0.15) is 0 Å². The van der Waals surface area contributed by atoms with Gasteiger partial charge in [-0.25, -0.2) is 9.97 Å². The van der Waals surface area contributed by atoms with Crippen molar-refractivity contribution >= 4 is 16.9 Å². The van der Waals surface area contributed by atoms with Crippen LogP contribution in [-0.4, -0.2) is 45.0 Å². The highest BCUT2D eigenvalue weighted by Gasteiger charge is 2.27. The van der Waals surface area contributed by atoms with Gasteiger partial charge in [-0.3, -0.25) is 4.79 Å². The van der Waals surface area contributed by atoms with E-state index in [0.717, 1.165) is 56.0 Å². The van der Waals surface area contributed by atoms with Gasteiger partial charge in [-0.05, 0) is 63.4 Å². The molecule has 0 spiro atoms. The number of unbranched alkanes of at least 4 members (excludes halogenated alkanes) is 2. The van der Waals surface area contributed by atoms with Crippen LogP contribution < -0.4 is 10.9 Å². The van der Waals surface area contributed by atoms with Crippen LogP contribution in [0, 0.1) is 0 Å². The van der Waals surface area contributed by atoms with Crippen LogP contribution in [-0.2, 0) is 4.74 Å². The van der Waals surface area contributed by atoms with E-state index in [2.05, 4.69) is 30.3 Å². The smallest absolute Gasteiger partial charge is 0.261 e. The van der Waals surface area contributed by atoms with Crippen molar-refractivity contribution in [3.05, 3.63) is 28.3 Å². The number of aliphatic hydroxyl groups excluding tert-OH is 1. The molecule has 2 aromatic rings. The first-order valence-corrected chi connectivity index (χ1v) is 12.5. The van der Waals surface area contributed by atoms with E-state index in [-0.39, 0.29) is 23.7 Å². The van der Waals surface area contributed by atoms with E-state index in [1.165, 1.54) is 19.3 Å². The highest BCUT2D eigenvalue weighted by atomic mass is 16.5. The number of aliphatic hydroxyl groups is 1. The molecule has 4 rings (SSSR count). The van der Waals surface area contributed by atoms with Crippen molar-refractivity contribution in [1.29, 1.82) is 0 Å². The molecule has 2 fully saturated rings. The van der Waals surface area contributed by atoms with Crippen molar-refractivity contribution in [1.82, 2.24) is 14.5 Å². The minimum Gasteiger partial charge on any atom is -0.393 e. The summed E-state index contributed by atoms with van der Waals surface area (Å²) in [6, 6.07) is 0.444. The SMILES string of the molecule is CCCCC[C@H](C)Nc1ncc2c(=O)n(C3CCOCC3)cc([C@H]3CC[C@H](O)CC3)c2n1. The molecule has 32 heavy (non-hydrogen) atoms. The van der Waals surface area contributed by atoms with E-state index in [1.54, 1.807) is 6.20 Å². The van der Waals surface area contributed by atoms with E-state index in [0.29, 0.717) is 30.5 Å². The highest BCUT2D eigenvalue weighted by molar-refractivity contribution is 5.81. The summed E-state index contributed by atoms with van der Waals surface area (Å²) in [7, 11) is 0. The second-order valence-corrected chi connectivity index (χ2v) is 9.64. The third kappa shape index (κ3) is 5.31. The Balaban J connectivity index is 1.69. The zero-order valence-electron chi connectivity index (χ0n) is 19.6. The molecule has 3 heterocycles. The van der Waals surface area contributed by atoms with Crippen molar-refractivity contribution in [3.8, 4) is 0 Å². The lowest BCUT2D eigenvalue weighted by Gasteiger charge is -2.29. The summed E-state index contributed by atoms with van der Waals surface area (Å²) in [5, 5.41) is 14.1. The zero-order chi connectivity index (χ0) is 22.5. The molecule has 2 aromatic heterocycles. The molecule has 1 atom stereocenters. The predicted molar refractivity (Wildman–Crippen MR) is 127 cm³/mol. The minimum absolute atomic E-state index is 0.00552. The lowest BCUT2D eigenvalue weighted by Crippen LogP contribution is -2.30. The lowest BCUT2D eigenvalue weighted by atomic mass is 9.82. The van der Waals surface area contributed by atoms with E-state index in [9.17, 15) is 9.90 Å². The molecule has 1 aliphatic heterocycles. The number of ether oxygens (including phenoxy) is 1. The van der Waals surface area contributed by atoms with Gasteiger partial charge in [0.05, 0.1) is 17.0 Å². The fourth-order valence-corrected chi connectivity index (χ4v) is 5.15. The van der Waals surface area contributed by atoms with E-state index in [4.69, 9.17) is 9.72 Å². The van der Waals surface area contributed by atoms with Crippen molar-refractivity contribution in [2.24, 2.45) is 0 Å². The Kier molecular flexibility index (Phi) is 7.79. The van der Waals surface area contributed by atoms with Crippen molar-refractivity contribution in [2.75, 3.05) is 18.5 Å². The van der Waals surface area contributed by atoms with Gasteiger partial charge in [0.1, 0.15) is 0 Å². The molecular weight excluding hydrogens is 404 g/mol. The predicted octanol–water partition coefficient (Wildman–Crippen LogP) is 4.54. The Morgan fingerprint density at radius 1 is 1.19 bits per heavy atom. The van der Waals surface area contributed by atoms with Crippen molar-refractivity contribution in [2.45, 2.75) is 102 Å². The molecule has 0 aromatic carbocycles. The average molecular weight is 443 g/mol. The fourth-order valence-electron chi connectivity index (χ4n) is 5.15. The monoisotopic (exact) mass is 442 g/mol. The van der Waals surface area contributed by atoms with Crippen molar-refractivity contribution in [3.63, 3.8) is 0 Å². The van der Waals surface area contributed by atoms with Crippen LogP contribution in [0.25, 0.3) is 10.9 Å². The molecular formula is C25H38N4O3. The van der Waals surface area contributed by atoms with Crippen LogP contribution in [0.5, 0.6) is 0 Å². The quantitative estimate of drug-likeness (QED) is 0.584. The molecule has 2 N–H and O–H groups in total. The second-order valence-electron chi connectivity index (χ2n) is 9.64. The number of pyridine rings is 1. The summed E-state index contributed by atoms with van der Waals surface area (Å²) in [6.45, 7) is 5.75. The van der Waals surface area contributed by atoms with Crippen molar-refractivity contribution < 1.29 is 9.84 Å². The molecule has 1 saturated carbocycles. The third-order valence-corrected chi connectivity index (χ3v) is 7.14. The molecule has 0 amide bonds. The number of nitrogens with one attached hydrogen (secondary N) is 1.